The maximum atomic E-state index is 12.2. The fourth-order valence-electron chi connectivity index (χ4n) is 3.17. The minimum absolute atomic E-state index is 0.00857. The Labute approximate surface area is 186 Å². The van der Waals surface area contributed by atoms with Crippen molar-refractivity contribution in [3.8, 4) is 0 Å². The van der Waals surface area contributed by atoms with Crippen LogP contribution < -0.4 is 10.6 Å². The number of nitrogens with zero attached hydrogens (tertiary/aromatic N) is 2. The first-order chi connectivity index (χ1) is 15.2. The summed E-state index contributed by atoms with van der Waals surface area (Å²) in [7, 11) is 0. The van der Waals surface area contributed by atoms with Gasteiger partial charge in [0, 0.05) is 32.0 Å². The number of hydrogen-bond donors (Lipinski definition) is 2. The number of nitro groups is 2. The summed E-state index contributed by atoms with van der Waals surface area (Å²) in [6.07, 6.45) is 6.66. The molecule has 0 saturated heterocycles. The van der Waals surface area contributed by atoms with Gasteiger partial charge in [0.05, 0.1) is 21.3 Å². The van der Waals surface area contributed by atoms with Crippen LogP contribution in [0.25, 0.3) is 0 Å². The van der Waals surface area contributed by atoms with Gasteiger partial charge in [-0.1, -0.05) is 25.7 Å². The number of non-ortho nitro benzene ring substituents is 1. The average Bonchev–Trinajstić information content (AvgIpc) is 2.74. The second-order valence-corrected chi connectivity index (χ2v) is 7.82. The van der Waals surface area contributed by atoms with E-state index < -0.39 is 15.3 Å². The number of aldehydes is 2. The Morgan fingerprint density at radius 3 is 2.03 bits per heavy atom. The molecule has 1 amide bonds. The molecule has 176 valence electrons. The van der Waals surface area contributed by atoms with Gasteiger partial charge in [-0.05, 0) is 25.8 Å². The highest BCUT2D eigenvalue weighted by Gasteiger charge is 2.32. The lowest BCUT2D eigenvalue weighted by molar-refractivity contribution is -0.393. The molecule has 0 heterocycles. The van der Waals surface area contributed by atoms with Crippen LogP contribution in [0.15, 0.2) is 18.2 Å². The first-order valence-corrected chi connectivity index (χ1v) is 10.6. The van der Waals surface area contributed by atoms with Gasteiger partial charge < -0.3 is 20.2 Å². The summed E-state index contributed by atoms with van der Waals surface area (Å²) in [5, 5.41) is 27.6. The molecule has 1 rings (SSSR count). The molecule has 0 radical (unpaired) electrons. The maximum Gasteiger partial charge on any atom is 0.299 e. The molecule has 0 bridgehead atoms. The lowest BCUT2D eigenvalue weighted by atomic mass is 9.83. The summed E-state index contributed by atoms with van der Waals surface area (Å²) in [5.41, 5.74) is -1.38. The monoisotopic (exact) mass is 450 g/mol. The molecule has 0 fully saturated rings. The second-order valence-electron chi connectivity index (χ2n) is 7.82. The molecule has 11 nitrogen and oxygen atoms in total. The topological polar surface area (TPSA) is 162 Å². The first kappa shape index (κ1) is 26.7. The third kappa shape index (κ3) is 8.78. The van der Waals surface area contributed by atoms with Gasteiger partial charge in [-0.25, -0.2) is 0 Å². The van der Waals surface area contributed by atoms with Crippen LogP contribution in [0.4, 0.5) is 17.1 Å². The predicted octanol–water partition coefficient (Wildman–Crippen LogP) is 3.56. The van der Waals surface area contributed by atoms with Crippen LogP contribution in [-0.2, 0) is 14.4 Å². The molecule has 0 spiro atoms. The fraction of sp³-hybridized carbons (Fsp3) is 0.571. The number of carbonyl (C=O) groups is 3. The van der Waals surface area contributed by atoms with Crippen LogP contribution in [-0.4, -0.2) is 41.4 Å². The Morgan fingerprint density at radius 2 is 1.50 bits per heavy atom. The van der Waals surface area contributed by atoms with Gasteiger partial charge in [-0.2, -0.15) is 0 Å². The standard InChI is InChI=1S/C21H30N4O7/c1-21(10-14-26,11-15-27)20(28)23-13-7-5-3-2-4-6-12-22-18-9-8-17(24(29)30)16-19(18)25(31)32/h8-9,14-16,22H,2-7,10-13H2,1H3,(H,23,28). The molecular formula is C21H30N4O7. The number of amides is 1. The molecule has 0 aliphatic carbocycles. The number of anilines is 1. The summed E-state index contributed by atoms with van der Waals surface area (Å²) in [4.78, 5) is 54.2. The highest BCUT2D eigenvalue weighted by molar-refractivity contribution is 5.86. The van der Waals surface area contributed by atoms with Gasteiger partial charge >= 0.3 is 0 Å². The van der Waals surface area contributed by atoms with E-state index in [0.717, 1.165) is 44.6 Å². The van der Waals surface area contributed by atoms with Crippen molar-refractivity contribution in [3.05, 3.63) is 38.4 Å². The third-order valence-corrected chi connectivity index (χ3v) is 5.21. The number of hydrogen-bond acceptors (Lipinski definition) is 8. The summed E-state index contributed by atoms with van der Waals surface area (Å²) < 4.78 is 0. The number of benzene rings is 1. The predicted molar refractivity (Wildman–Crippen MR) is 118 cm³/mol. The summed E-state index contributed by atoms with van der Waals surface area (Å²) >= 11 is 0. The molecule has 1 aromatic carbocycles. The van der Waals surface area contributed by atoms with E-state index in [9.17, 15) is 34.6 Å². The zero-order chi connectivity index (χ0) is 24.0. The smallest absolute Gasteiger partial charge is 0.299 e. The quantitative estimate of drug-likeness (QED) is 0.157. The third-order valence-electron chi connectivity index (χ3n) is 5.21. The van der Waals surface area contributed by atoms with Crippen molar-refractivity contribution in [3.63, 3.8) is 0 Å². The molecule has 32 heavy (non-hydrogen) atoms. The van der Waals surface area contributed by atoms with Crippen LogP contribution in [0.1, 0.15) is 58.3 Å². The molecule has 1 aromatic rings. The van der Waals surface area contributed by atoms with Gasteiger partial charge in [-0.3, -0.25) is 25.0 Å². The van der Waals surface area contributed by atoms with Crippen molar-refractivity contribution in [1.82, 2.24) is 5.32 Å². The van der Waals surface area contributed by atoms with E-state index in [4.69, 9.17) is 0 Å². The van der Waals surface area contributed by atoms with E-state index in [2.05, 4.69) is 10.6 Å². The minimum atomic E-state index is -0.991. The van der Waals surface area contributed by atoms with Gasteiger partial charge in [0.1, 0.15) is 18.3 Å². The number of nitro benzene ring substituents is 2. The normalized spacial score (nSPS) is 10.9. The molecule has 11 heteroatoms. The van der Waals surface area contributed by atoms with E-state index in [1.54, 1.807) is 6.92 Å². The fourth-order valence-corrected chi connectivity index (χ4v) is 3.17. The van der Waals surface area contributed by atoms with Gasteiger partial charge in [0.2, 0.25) is 5.91 Å². The molecule has 0 saturated carbocycles. The highest BCUT2D eigenvalue weighted by atomic mass is 16.6. The highest BCUT2D eigenvalue weighted by Crippen LogP contribution is 2.29. The number of unbranched alkanes of at least 4 members (excludes halogenated alkanes) is 5. The summed E-state index contributed by atoms with van der Waals surface area (Å²) in [6, 6.07) is 3.52. The lowest BCUT2D eigenvalue weighted by Crippen LogP contribution is -2.40. The molecule has 0 aliphatic heterocycles. The van der Waals surface area contributed by atoms with Crippen molar-refractivity contribution in [2.75, 3.05) is 18.4 Å². The van der Waals surface area contributed by atoms with Crippen molar-refractivity contribution >= 4 is 35.5 Å². The molecule has 0 aromatic heterocycles. The van der Waals surface area contributed by atoms with Crippen molar-refractivity contribution in [2.45, 2.75) is 58.3 Å². The zero-order valence-corrected chi connectivity index (χ0v) is 18.2. The second kappa shape index (κ2) is 13.8. The molecule has 0 unspecified atom stereocenters. The van der Waals surface area contributed by atoms with Crippen LogP contribution in [0, 0.1) is 25.6 Å². The van der Waals surface area contributed by atoms with E-state index in [1.165, 1.54) is 12.1 Å². The Hall–Kier alpha value is -3.37. The molecule has 0 atom stereocenters. The minimum Gasteiger partial charge on any atom is -0.379 e. The van der Waals surface area contributed by atoms with Crippen LogP contribution in [0.2, 0.25) is 0 Å². The Bertz CT molecular complexity index is 803. The summed E-state index contributed by atoms with van der Waals surface area (Å²) in [6.45, 7) is 2.60. The molecular weight excluding hydrogens is 420 g/mol. The Morgan fingerprint density at radius 1 is 0.938 bits per heavy atom. The van der Waals surface area contributed by atoms with E-state index in [0.29, 0.717) is 25.7 Å². The number of rotatable bonds is 17. The van der Waals surface area contributed by atoms with Gasteiger partial charge in [0.25, 0.3) is 11.4 Å². The molecule has 2 N–H and O–H groups in total. The van der Waals surface area contributed by atoms with E-state index in [1.807, 2.05) is 0 Å². The van der Waals surface area contributed by atoms with Crippen molar-refractivity contribution in [2.24, 2.45) is 5.41 Å². The van der Waals surface area contributed by atoms with Crippen LogP contribution in [0.3, 0.4) is 0 Å². The van der Waals surface area contributed by atoms with Gasteiger partial charge in [-0.15, -0.1) is 0 Å². The van der Waals surface area contributed by atoms with Crippen LogP contribution >= 0.6 is 0 Å². The van der Waals surface area contributed by atoms with Crippen molar-refractivity contribution in [1.29, 1.82) is 0 Å². The van der Waals surface area contributed by atoms with Crippen molar-refractivity contribution < 1.29 is 24.2 Å². The lowest BCUT2D eigenvalue weighted by Gasteiger charge is -2.23. The summed E-state index contributed by atoms with van der Waals surface area (Å²) in [5.74, 6) is -0.289. The first-order valence-electron chi connectivity index (χ1n) is 10.6. The number of carbonyl (C=O) groups excluding carboxylic acids is 3. The Kier molecular flexibility index (Phi) is 11.5. The maximum absolute atomic E-state index is 12.2. The molecule has 0 aliphatic rings. The SMILES string of the molecule is CC(CC=O)(CC=O)C(=O)NCCCCCCCCNc1ccc([N+](=O)[O-])cc1[N+](=O)[O-]. The van der Waals surface area contributed by atoms with Crippen LogP contribution in [0.5, 0.6) is 0 Å². The largest absolute Gasteiger partial charge is 0.379 e. The average molecular weight is 450 g/mol. The Balaban J connectivity index is 2.22. The zero-order valence-electron chi connectivity index (χ0n) is 18.2. The van der Waals surface area contributed by atoms with E-state index >= 15 is 0 Å². The van der Waals surface area contributed by atoms with Gasteiger partial charge in [0.15, 0.2) is 0 Å². The van der Waals surface area contributed by atoms with E-state index in [-0.39, 0.29) is 35.8 Å². The number of nitrogens with one attached hydrogen (secondary N) is 2.